The molecule has 1 N–H and O–H groups in total. The van der Waals surface area contributed by atoms with Crippen molar-refractivity contribution < 1.29 is 4.74 Å². The second-order valence-electron chi connectivity index (χ2n) is 5.25. The Balaban J connectivity index is 1.69. The molecule has 112 valence electrons. The maximum atomic E-state index is 5.88. The molecule has 21 heavy (non-hydrogen) atoms. The van der Waals surface area contributed by atoms with Gasteiger partial charge in [-0.3, -0.25) is 4.90 Å². The van der Waals surface area contributed by atoms with Gasteiger partial charge in [-0.1, -0.05) is 6.07 Å². The lowest BCUT2D eigenvalue weighted by Crippen LogP contribution is -2.38. The third kappa shape index (κ3) is 3.22. The van der Waals surface area contributed by atoms with Crippen LogP contribution < -0.4 is 5.32 Å². The van der Waals surface area contributed by atoms with Gasteiger partial charge in [0.25, 0.3) is 0 Å². The monoisotopic (exact) mass is 287 g/mol. The van der Waals surface area contributed by atoms with Crippen molar-refractivity contribution in [3.8, 4) is 0 Å². The summed E-state index contributed by atoms with van der Waals surface area (Å²) in [5, 5.41) is 3.07. The van der Waals surface area contributed by atoms with Gasteiger partial charge in [0.2, 0.25) is 0 Å². The third-order valence-corrected chi connectivity index (χ3v) is 3.79. The lowest BCUT2D eigenvalue weighted by atomic mass is 10.2. The van der Waals surface area contributed by atoms with Crippen LogP contribution in [0.15, 0.2) is 30.6 Å². The fraction of sp³-hybridized carbons (Fsp3) is 0.467. The van der Waals surface area contributed by atoms with Crippen LogP contribution in [-0.4, -0.2) is 46.2 Å². The fourth-order valence-electron chi connectivity index (χ4n) is 2.54. The normalized spacial score (nSPS) is 19.6. The SMILES string of the molecule is CNc1cccc([C@@H]2CN(Cc3nccn3C)CCO2)n1. The first-order chi connectivity index (χ1) is 10.3. The zero-order valence-corrected chi connectivity index (χ0v) is 12.5. The third-order valence-electron chi connectivity index (χ3n) is 3.79. The summed E-state index contributed by atoms with van der Waals surface area (Å²) in [5.74, 6) is 1.95. The van der Waals surface area contributed by atoms with Crippen LogP contribution in [0.25, 0.3) is 0 Å². The highest BCUT2D eigenvalue weighted by atomic mass is 16.5. The standard InChI is InChI=1S/C15H21N5O/c1-16-14-5-3-4-12(18-14)13-10-20(8-9-21-13)11-15-17-6-7-19(15)2/h3-7,13H,8-11H2,1-2H3,(H,16,18)/t13-/m0/s1. The van der Waals surface area contributed by atoms with Gasteiger partial charge in [0.1, 0.15) is 17.7 Å². The van der Waals surface area contributed by atoms with Crippen LogP contribution in [0.1, 0.15) is 17.6 Å². The van der Waals surface area contributed by atoms with Gasteiger partial charge in [-0.05, 0) is 12.1 Å². The van der Waals surface area contributed by atoms with Crippen LogP contribution >= 0.6 is 0 Å². The molecular formula is C15H21N5O. The number of pyridine rings is 1. The number of imidazole rings is 1. The molecule has 0 aromatic carbocycles. The number of aryl methyl sites for hydroxylation is 1. The van der Waals surface area contributed by atoms with E-state index in [0.29, 0.717) is 0 Å². The van der Waals surface area contributed by atoms with Gasteiger partial charge < -0.3 is 14.6 Å². The molecule has 3 heterocycles. The Morgan fingerprint density at radius 1 is 1.43 bits per heavy atom. The number of nitrogens with zero attached hydrogens (tertiary/aromatic N) is 4. The Kier molecular flexibility index (Phi) is 4.17. The summed E-state index contributed by atoms with van der Waals surface area (Å²) in [7, 11) is 3.90. The fourth-order valence-corrected chi connectivity index (χ4v) is 2.54. The molecule has 0 aliphatic carbocycles. The van der Waals surface area contributed by atoms with E-state index in [9.17, 15) is 0 Å². The molecule has 0 saturated carbocycles. The van der Waals surface area contributed by atoms with Crippen molar-refractivity contribution in [2.45, 2.75) is 12.6 Å². The average molecular weight is 287 g/mol. The number of aromatic nitrogens is 3. The molecule has 0 unspecified atom stereocenters. The summed E-state index contributed by atoms with van der Waals surface area (Å²) in [6.07, 6.45) is 3.84. The predicted molar refractivity (Wildman–Crippen MR) is 81.0 cm³/mol. The molecule has 6 nitrogen and oxygen atoms in total. The second-order valence-corrected chi connectivity index (χ2v) is 5.25. The van der Waals surface area contributed by atoms with Crippen LogP contribution in [0.5, 0.6) is 0 Å². The summed E-state index contributed by atoms with van der Waals surface area (Å²) in [5.41, 5.74) is 0.978. The number of hydrogen-bond donors (Lipinski definition) is 1. The number of rotatable bonds is 4. The van der Waals surface area contributed by atoms with Gasteiger partial charge in [-0.2, -0.15) is 0 Å². The zero-order chi connectivity index (χ0) is 14.7. The highest BCUT2D eigenvalue weighted by Gasteiger charge is 2.24. The predicted octanol–water partition coefficient (Wildman–Crippen LogP) is 1.43. The Morgan fingerprint density at radius 3 is 3.10 bits per heavy atom. The number of ether oxygens (including phenoxy) is 1. The first-order valence-corrected chi connectivity index (χ1v) is 7.21. The van der Waals surface area contributed by atoms with E-state index >= 15 is 0 Å². The van der Waals surface area contributed by atoms with Gasteiger partial charge in [0.15, 0.2) is 0 Å². The van der Waals surface area contributed by atoms with E-state index in [1.807, 2.05) is 44.7 Å². The molecule has 1 aliphatic heterocycles. The minimum absolute atomic E-state index is 0.0207. The topological polar surface area (TPSA) is 55.2 Å². The molecule has 0 spiro atoms. The Morgan fingerprint density at radius 2 is 2.33 bits per heavy atom. The van der Waals surface area contributed by atoms with Gasteiger partial charge in [0, 0.05) is 39.6 Å². The Hall–Kier alpha value is -1.92. The van der Waals surface area contributed by atoms with Crippen LogP contribution in [0.2, 0.25) is 0 Å². The highest BCUT2D eigenvalue weighted by molar-refractivity contribution is 5.34. The summed E-state index contributed by atoms with van der Waals surface area (Å²) in [6.45, 7) is 3.33. The van der Waals surface area contributed by atoms with E-state index in [0.717, 1.165) is 43.6 Å². The largest absolute Gasteiger partial charge is 0.373 e. The van der Waals surface area contributed by atoms with E-state index in [1.54, 1.807) is 0 Å². The van der Waals surface area contributed by atoms with Crippen LogP contribution in [0, 0.1) is 0 Å². The minimum atomic E-state index is 0.0207. The van der Waals surface area contributed by atoms with E-state index in [4.69, 9.17) is 4.74 Å². The highest BCUT2D eigenvalue weighted by Crippen LogP contribution is 2.22. The number of hydrogen-bond acceptors (Lipinski definition) is 5. The van der Waals surface area contributed by atoms with Gasteiger partial charge in [-0.25, -0.2) is 9.97 Å². The van der Waals surface area contributed by atoms with Crippen molar-refractivity contribution >= 4 is 5.82 Å². The van der Waals surface area contributed by atoms with Crippen molar-refractivity contribution in [1.29, 1.82) is 0 Å². The first kappa shape index (κ1) is 14.0. The smallest absolute Gasteiger partial charge is 0.126 e. The Labute approximate surface area is 124 Å². The lowest BCUT2D eigenvalue weighted by molar-refractivity contribution is -0.0358. The number of nitrogens with one attached hydrogen (secondary N) is 1. The number of anilines is 1. The Bertz CT molecular complexity index is 597. The van der Waals surface area contributed by atoms with Crippen molar-refractivity contribution in [2.75, 3.05) is 32.1 Å². The molecule has 2 aromatic heterocycles. The van der Waals surface area contributed by atoms with E-state index < -0.39 is 0 Å². The quantitative estimate of drug-likeness (QED) is 0.922. The molecule has 1 fully saturated rings. The minimum Gasteiger partial charge on any atom is -0.373 e. The maximum Gasteiger partial charge on any atom is 0.126 e. The molecule has 1 aliphatic rings. The molecule has 1 atom stereocenters. The lowest BCUT2D eigenvalue weighted by Gasteiger charge is -2.32. The van der Waals surface area contributed by atoms with Crippen LogP contribution in [0.3, 0.4) is 0 Å². The van der Waals surface area contributed by atoms with E-state index in [2.05, 4.69) is 24.8 Å². The summed E-state index contributed by atoms with van der Waals surface area (Å²) < 4.78 is 7.94. The van der Waals surface area contributed by atoms with E-state index in [-0.39, 0.29) is 6.10 Å². The van der Waals surface area contributed by atoms with Gasteiger partial charge in [-0.15, -0.1) is 0 Å². The van der Waals surface area contributed by atoms with Crippen molar-refractivity contribution in [3.05, 3.63) is 42.1 Å². The molecule has 3 rings (SSSR count). The molecule has 0 radical (unpaired) electrons. The summed E-state index contributed by atoms with van der Waals surface area (Å²) in [4.78, 5) is 11.3. The van der Waals surface area contributed by atoms with Gasteiger partial charge >= 0.3 is 0 Å². The molecule has 0 bridgehead atoms. The summed E-state index contributed by atoms with van der Waals surface area (Å²) in [6, 6.07) is 5.99. The van der Waals surface area contributed by atoms with Crippen molar-refractivity contribution in [1.82, 2.24) is 19.4 Å². The first-order valence-electron chi connectivity index (χ1n) is 7.21. The van der Waals surface area contributed by atoms with Crippen LogP contribution in [0.4, 0.5) is 5.82 Å². The maximum absolute atomic E-state index is 5.88. The van der Waals surface area contributed by atoms with Crippen molar-refractivity contribution in [3.63, 3.8) is 0 Å². The van der Waals surface area contributed by atoms with Crippen LogP contribution in [-0.2, 0) is 18.3 Å². The molecular weight excluding hydrogens is 266 g/mol. The summed E-state index contributed by atoms with van der Waals surface area (Å²) >= 11 is 0. The van der Waals surface area contributed by atoms with Gasteiger partial charge in [0.05, 0.1) is 18.8 Å². The average Bonchev–Trinajstić information content (AvgIpc) is 2.93. The van der Waals surface area contributed by atoms with E-state index in [1.165, 1.54) is 0 Å². The van der Waals surface area contributed by atoms with Crippen molar-refractivity contribution in [2.24, 2.45) is 7.05 Å². The molecule has 2 aromatic rings. The molecule has 0 amide bonds. The number of morpholine rings is 1. The molecule has 1 saturated heterocycles. The zero-order valence-electron chi connectivity index (χ0n) is 12.5. The molecule has 6 heteroatoms. The second kappa shape index (κ2) is 6.24.